The van der Waals surface area contributed by atoms with Crippen molar-refractivity contribution < 1.29 is 0 Å². The number of aromatic nitrogens is 2. The van der Waals surface area contributed by atoms with Crippen LogP contribution >= 0.6 is 0 Å². The van der Waals surface area contributed by atoms with Crippen LogP contribution in [-0.2, 0) is 7.05 Å². The lowest BCUT2D eigenvalue weighted by Gasteiger charge is -2.14. The monoisotopic (exact) mass is 193 g/mol. The minimum atomic E-state index is 0.496. The molecular weight excluding hydrogens is 174 g/mol. The minimum absolute atomic E-state index is 0.496. The van der Waals surface area contributed by atoms with E-state index in [1.807, 2.05) is 18.8 Å². The summed E-state index contributed by atoms with van der Waals surface area (Å²) < 4.78 is 1.90. The summed E-state index contributed by atoms with van der Waals surface area (Å²) in [5.74, 6) is 0.951. The molecular formula is C11H19N3. The summed E-state index contributed by atoms with van der Waals surface area (Å²) in [7, 11) is 4.03. The number of hydrogen-bond donors (Lipinski definition) is 1. The van der Waals surface area contributed by atoms with Gasteiger partial charge >= 0.3 is 0 Å². The Kier molecular flexibility index (Phi) is 2.59. The van der Waals surface area contributed by atoms with Gasteiger partial charge in [-0.1, -0.05) is 12.8 Å². The van der Waals surface area contributed by atoms with Crippen LogP contribution in [0.4, 0.5) is 0 Å². The molecule has 0 bridgehead atoms. The third kappa shape index (κ3) is 1.98. The summed E-state index contributed by atoms with van der Waals surface area (Å²) in [6.45, 7) is 2.09. The molecule has 0 radical (unpaired) electrons. The second-order valence-corrected chi connectivity index (χ2v) is 4.36. The van der Waals surface area contributed by atoms with Gasteiger partial charge in [0.05, 0.1) is 5.69 Å². The van der Waals surface area contributed by atoms with E-state index in [2.05, 4.69) is 23.5 Å². The van der Waals surface area contributed by atoms with E-state index < -0.39 is 0 Å². The van der Waals surface area contributed by atoms with Crippen molar-refractivity contribution in [3.05, 3.63) is 17.5 Å². The molecule has 1 heterocycles. The molecule has 14 heavy (non-hydrogen) atoms. The largest absolute Gasteiger partial charge is 0.313 e. The Balaban J connectivity index is 2.12. The molecule has 0 saturated heterocycles. The number of nitrogens with zero attached hydrogens (tertiary/aromatic N) is 2. The fourth-order valence-corrected chi connectivity index (χ4v) is 2.05. The third-order valence-corrected chi connectivity index (χ3v) is 3.04. The van der Waals surface area contributed by atoms with Gasteiger partial charge in [-0.2, -0.15) is 5.10 Å². The first-order valence-electron chi connectivity index (χ1n) is 5.38. The van der Waals surface area contributed by atoms with Crippen molar-refractivity contribution in [1.82, 2.24) is 15.1 Å². The molecule has 0 aromatic carbocycles. The lowest BCUT2D eigenvalue weighted by Crippen LogP contribution is -2.17. The zero-order valence-corrected chi connectivity index (χ0v) is 9.25. The Labute approximate surface area is 85.5 Å². The Morgan fingerprint density at radius 3 is 2.79 bits per heavy atom. The van der Waals surface area contributed by atoms with Gasteiger partial charge in [-0.05, 0) is 26.3 Å². The zero-order chi connectivity index (χ0) is 10.1. The van der Waals surface area contributed by atoms with Gasteiger partial charge in [0.25, 0.3) is 0 Å². The molecule has 1 fully saturated rings. The summed E-state index contributed by atoms with van der Waals surface area (Å²) in [6.07, 6.45) is 6.23. The van der Waals surface area contributed by atoms with Crippen molar-refractivity contribution >= 4 is 0 Å². The van der Waals surface area contributed by atoms with Gasteiger partial charge in [-0.25, -0.2) is 0 Å². The van der Waals surface area contributed by atoms with E-state index in [1.165, 1.54) is 24.8 Å². The summed E-state index contributed by atoms with van der Waals surface area (Å²) in [5, 5.41) is 7.77. The minimum Gasteiger partial charge on any atom is -0.313 e. The summed E-state index contributed by atoms with van der Waals surface area (Å²) >= 11 is 0. The predicted molar refractivity (Wildman–Crippen MR) is 57.1 cm³/mol. The third-order valence-electron chi connectivity index (χ3n) is 3.04. The van der Waals surface area contributed by atoms with Gasteiger partial charge < -0.3 is 5.32 Å². The molecule has 0 amide bonds. The highest BCUT2D eigenvalue weighted by atomic mass is 15.3. The summed E-state index contributed by atoms with van der Waals surface area (Å²) in [4.78, 5) is 0. The van der Waals surface area contributed by atoms with Crippen LogP contribution in [-0.4, -0.2) is 16.8 Å². The van der Waals surface area contributed by atoms with Crippen molar-refractivity contribution in [3.63, 3.8) is 0 Å². The van der Waals surface area contributed by atoms with E-state index in [9.17, 15) is 0 Å². The van der Waals surface area contributed by atoms with Crippen LogP contribution in [0.2, 0.25) is 0 Å². The van der Waals surface area contributed by atoms with Crippen molar-refractivity contribution in [3.8, 4) is 0 Å². The average Bonchev–Trinajstić information content (AvgIpc) is 2.89. The average molecular weight is 193 g/mol. The van der Waals surface area contributed by atoms with E-state index in [-0.39, 0.29) is 0 Å². The van der Waals surface area contributed by atoms with E-state index >= 15 is 0 Å². The molecule has 1 aliphatic rings. The Morgan fingerprint density at radius 2 is 2.36 bits per heavy atom. The topological polar surface area (TPSA) is 29.9 Å². The zero-order valence-electron chi connectivity index (χ0n) is 9.25. The molecule has 1 N–H and O–H groups in total. The molecule has 1 saturated carbocycles. The Morgan fingerprint density at radius 1 is 1.64 bits per heavy atom. The number of nitrogens with one attached hydrogen (secondary N) is 1. The van der Waals surface area contributed by atoms with Gasteiger partial charge in [-0.3, -0.25) is 4.68 Å². The fourth-order valence-electron chi connectivity index (χ4n) is 2.05. The number of aryl methyl sites for hydroxylation is 2. The van der Waals surface area contributed by atoms with Crippen molar-refractivity contribution in [2.75, 3.05) is 7.05 Å². The van der Waals surface area contributed by atoms with Crippen molar-refractivity contribution in [2.24, 2.45) is 13.0 Å². The smallest absolute Gasteiger partial charge is 0.0641 e. The van der Waals surface area contributed by atoms with Crippen LogP contribution in [0.3, 0.4) is 0 Å². The SMILES string of the molecule is CNC(CC1CC1)c1cn(C)nc1C. The van der Waals surface area contributed by atoms with E-state index in [0.717, 1.165) is 11.6 Å². The molecule has 2 rings (SSSR count). The van der Waals surface area contributed by atoms with Crippen molar-refractivity contribution in [1.29, 1.82) is 0 Å². The maximum absolute atomic E-state index is 4.38. The van der Waals surface area contributed by atoms with Crippen molar-refractivity contribution in [2.45, 2.75) is 32.2 Å². The lowest BCUT2D eigenvalue weighted by molar-refractivity contribution is 0.512. The second kappa shape index (κ2) is 3.73. The Hall–Kier alpha value is -0.830. The van der Waals surface area contributed by atoms with Gasteiger partial charge in [0.2, 0.25) is 0 Å². The molecule has 1 unspecified atom stereocenters. The Bertz CT molecular complexity index is 312. The highest BCUT2D eigenvalue weighted by Crippen LogP contribution is 2.37. The summed E-state index contributed by atoms with van der Waals surface area (Å²) in [6, 6.07) is 0.496. The molecule has 0 spiro atoms. The van der Waals surface area contributed by atoms with Crippen LogP contribution in [0.15, 0.2) is 6.20 Å². The predicted octanol–water partition coefficient (Wildman–Crippen LogP) is 1.79. The molecule has 0 aliphatic heterocycles. The van der Waals surface area contributed by atoms with Gasteiger partial charge in [0.15, 0.2) is 0 Å². The van der Waals surface area contributed by atoms with Crippen LogP contribution < -0.4 is 5.32 Å². The molecule has 78 valence electrons. The van der Waals surface area contributed by atoms with Crippen LogP contribution in [0, 0.1) is 12.8 Å². The van der Waals surface area contributed by atoms with E-state index in [4.69, 9.17) is 0 Å². The maximum atomic E-state index is 4.38. The molecule has 1 aromatic heterocycles. The molecule has 1 aliphatic carbocycles. The maximum Gasteiger partial charge on any atom is 0.0641 e. The molecule has 3 nitrogen and oxygen atoms in total. The summed E-state index contributed by atoms with van der Waals surface area (Å²) in [5.41, 5.74) is 2.52. The van der Waals surface area contributed by atoms with Crippen LogP contribution in [0.25, 0.3) is 0 Å². The molecule has 1 atom stereocenters. The first-order chi connectivity index (χ1) is 6.70. The number of hydrogen-bond acceptors (Lipinski definition) is 2. The highest BCUT2D eigenvalue weighted by molar-refractivity contribution is 5.20. The highest BCUT2D eigenvalue weighted by Gasteiger charge is 2.26. The van der Waals surface area contributed by atoms with E-state index in [1.54, 1.807) is 0 Å². The fraction of sp³-hybridized carbons (Fsp3) is 0.727. The van der Waals surface area contributed by atoms with Gasteiger partial charge in [0, 0.05) is 24.8 Å². The van der Waals surface area contributed by atoms with Crippen LogP contribution in [0.5, 0.6) is 0 Å². The molecule has 1 aromatic rings. The quantitative estimate of drug-likeness (QED) is 0.790. The normalized spacial score (nSPS) is 18.5. The van der Waals surface area contributed by atoms with Crippen LogP contribution in [0.1, 0.15) is 36.6 Å². The standard InChI is InChI=1S/C11H19N3/c1-8-10(7-14(3)13-8)11(12-2)6-9-4-5-9/h7,9,11-12H,4-6H2,1-3H3. The number of rotatable bonds is 4. The molecule has 3 heteroatoms. The first kappa shape index (κ1) is 9.71. The van der Waals surface area contributed by atoms with Gasteiger partial charge in [0.1, 0.15) is 0 Å². The van der Waals surface area contributed by atoms with E-state index in [0.29, 0.717) is 6.04 Å². The second-order valence-electron chi connectivity index (χ2n) is 4.36. The first-order valence-corrected chi connectivity index (χ1v) is 5.38. The lowest BCUT2D eigenvalue weighted by atomic mass is 10.0. The van der Waals surface area contributed by atoms with Gasteiger partial charge in [-0.15, -0.1) is 0 Å².